The number of aliphatic carboxylic acids is 1. The Kier molecular flexibility index (Phi) is 3.82. The number of hydrogen-bond donors (Lipinski definition) is 2. The summed E-state index contributed by atoms with van der Waals surface area (Å²) in [5.74, 6) is 5.11. The van der Waals surface area contributed by atoms with Gasteiger partial charge in [-0.25, -0.2) is 4.68 Å². The summed E-state index contributed by atoms with van der Waals surface area (Å²) < 4.78 is 1.96. The van der Waals surface area contributed by atoms with Crippen LogP contribution in [0.5, 0.6) is 0 Å². The molecule has 2 heterocycles. The van der Waals surface area contributed by atoms with Gasteiger partial charge in [0.25, 0.3) is 0 Å². The summed E-state index contributed by atoms with van der Waals surface area (Å²) in [5, 5.41) is 16.7. The fraction of sp³-hybridized carbons (Fsp3) is 0.111. The van der Waals surface area contributed by atoms with Crippen LogP contribution in [0, 0.1) is 0 Å². The first-order chi connectivity index (χ1) is 8.59. The third-order valence-corrected chi connectivity index (χ3v) is 3.53. The average Bonchev–Trinajstić information content (AvgIpc) is 2.69. The lowest BCUT2D eigenvalue weighted by molar-refractivity contribution is -0.133. The van der Waals surface area contributed by atoms with Crippen molar-refractivity contribution in [2.24, 2.45) is 0 Å². The maximum absolute atomic E-state index is 10.5. The molecule has 0 bridgehead atoms. The van der Waals surface area contributed by atoms with Gasteiger partial charge in [0.1, 0.15) is 5.69 Å². The lowest BCUT2D eigenvalue weighted by Crippen LogP contribution is -2.13. The number of thioether (sulfide) groups is 1. The van der Waals surface area contributed by atoms with E-state index in [-0.39, 0.29) is 5.75 Å². The number of carbonyl (C=O) groups is 1. The standard InChI is InChI=1S/C9H8BrN5O2S/c10-5-2-1-3-12-7(5)8-13-14-9(15(8)11)18-4-6(16)17/h1-3H,4,11H2,(H,16,17). The van der Waals surface area contributed by atoms with E-state index in [0.717, 1.165) is 16.2 Å². The van der Waals surface area contributed by atoms with E-state index in [4.69, 9.17) is 10.9 Å². The number of halogens is 1. The normalized spacial score (nSPS) is 10.5. The van der Waals surface area contributed by atoms with Gasteiger partial charge in [-0.15, -0.1) is 10.2 Å². The van der Waals surface area contributed by atoms with Crippen LogP contribution in [0.3, 0.4) is 0 Å². The van der Waals surface area contributed by atoms with Crippen LogP contribution < -0.4 is 5.84 Å². The van der Waals surface area contributed by atoms with Crippen LogP contribution in [-0.4, -0.2) is 36.7 Å². The van der Waals surface area contributed by atoms with Gasteiger partial charge in [0, 0.05) is 10.7 Å². The number of carboxylic acids is 1. The third-order valence-electron chi connectivity index (χ3n) is 1.96. The number of nitrogens with two attached hydrogens (primary N) is 1. The summed E-state index contributed by atoms with van der Waals surface area (Å²) >= 11 is 4.34. The highest BCUT2D eigenvalue weighted by Crippen LogP contribution is 2.25. The van der Waals surface area contributed by atoms with E-state index in [1.54, 1.807) is 18.3 Å². The SMILES string of the molecule is Nn1c(SCC(=O)O)nnc1-c1ncccc1Br. The van der Waals surface area contributed by atoms with Crippen LogP contribution >= 0.6 is 27.7 Å². The first-order valence-corrected chi connectivity index (χ1v) is 6.53. The van der Waals surface area contributed by atoms with Crippen molar-refractivity contribution in [3.05, 3.63) is 22.8 Å². The van der Waals surface area contributed by atoms with Crippen molar-refractivity contribution < 1.29 is 9.90 Å². The van der Waals surface area contributed by atoms with Gasteiger partial charge >= 0.3 is 5.97 Å². The molecule has 9 heteroatoms. The fourth-order valence-corrected chi connectivity index (χ4v) is 2.22. The minimum Gasteiger partial charge on any atom is -0.481 e. The Bertz CT molecular complexity index is 588. The third kappa shape index (κ3) is 2.62. The highest BCUT2D eigenvalue weighted by molar-refractivity contribution is 9.10. The van der Waals surface area contributed by atoms with Crippen LogP contribution in [0.1, 0.15) is 0 Å². The Labute approximate surface area is 115 Å². The van der Waals surface area contributed by atoms with Gasteiger partial charge in [0.15, 0.2) is 0 Å². The largest absolute Gasteiger partial charge is 0.481 e. The second kappa shape index (κ2) is 5.36. The van der Waals surface area contributed by atoms with Gasteiger partial charge in [-0.3, -0.25) is 9.78 Å². The van der Waals surface area contributed by atoms with Gasteiger partial charge in [-0.2, -0.15) is 0 Å². The van der Waals surface area contributed by atoms with Crippen LogP contribution in [0.25, 0.3) is 11.5 Å². The average molecular weight is 330 g/mol. The maximum Gasteiger partial charge on any atom is 0.313 e. The Balaban J connectivity index is 2.31. The Morgan fingerprint density at radius 2 is 2.33 bits per heavy atom. The molecule has 7 nitrogen and oxygen atoms in total. The van der Waals surface area contributed by atoms with Gasteiger partial charge in [0.2, 0.25) is 11.0 Å². The van der Waals surface area contributed by atoms with Crippen LogP contribution in [-0.2, 0) is 4.79 Å². The summed E-state index contributed by atoms with van der Waals surface area (Å²) in [4.78, 5) is 14.6. The number of pyridine rings is 1. The van der Waals surface area contributed by atoms with E-state index in [9.17, 15) is 4.79 Å². The van der Waals surface area contributed by atoms with E-state index in [2.05, 4.69) is 31.1 Å². The Morgan fingerprint density at radius 3 is 3.00 bits per heavy atom. The number of carboxylic acid groups (broad SMARTS) is 1. The molecule has 0 fully saturated rings. The van der Waals surface area contributed by atoms with Crippen molar-refractivity contribution in [1.29, 1.82) is 0 Å². The second-order valence-electron chi connectivity index (χ2n) is 3.19. The van der Waals surface area contributed by atoms with E-state index >= 15 is 0 Å². The van der Waals surface area contributed by atoms with E-state index in [1.807, 2.05) is 0 Å². The molecule has 0 unspecified atom stereocenters. The number of nitrogen functional groups attached to an aromatic ring is 1. The molecular formula is C9H8BrN5O2S. The first-order valence-electron chi connectivity index (χ1n) is 4.75. The van der Waals surface area contributed by atoms with Gasteiger partial charge in [-0.1, -0.05) is 11.8 Å². The Hall–Kier alpha value is -1.61. The summed E-state index contributed by atoms with van der Waals surface area (Å²) in [6.07, 6.45) is 1.61. The molecule has 94 valence electrons. The van der Waals surface area contributed by atoms with Gasteiger partial charge in [-0.05, 0) is 28.1 Å². The molecule has 0 aromatic carbocycles. The second-order valence-corrected chi connectivity index (χ2v) is 4.99. The number of nitrogens with zero attached hydrogens (tertiary/aromatic N) is 4. The molecule has 0 spiro atoms. The van der Waals surface area contributed by atoms with Gasteiger partial charge in [0.05, 0.1) is 5.75 Å². The minimum absolute atomic E-state index is 0.126. The lowest BCUT2D eigenvalue weighted by atomic mass is 10.3. The van der Waals surface area contributed by atoms with Crippen molar-refractivity contribution in [3.8, 4) is 11.5 Å². The molecule has 0 radical (unpaired) electrons. The molecule has 0 saturated carbocycles. The van der Waals surface area contributed by atoms with Crippen molar-refractivity contribution in [2.75, 3.05) is 11.6 Å². The smallest absolute Gasteiger partial charge is 0.313 e. The molecule has 0 aliphatic rings. The number of rotatable bonds is 4. The minimum atomic E-state index is -0.941. The maximum atomic E-state index is 10.5. The van der Waals surface area contributed by atoms with E-state index < -0.39 is 5.97 Å². The van der Waals surface area contributed by atoms with Crippen molar-refractivity contribution in [3.63, 3.8) is 0 Å². The van der Waals surface area contributed by atoms with Crippen LogP contribution in [0.2, 0.25) is 0 Å². The number of hydrogen-bond acceptors (Lipinski definition) is 6. The van der Waals surface area contributed by atoms with Crippen molar-refractivity contribution in [2.45, 2.75) is 5.16 Å². The summed E-state index contributed by atoms with van der Waals surface area (Å²) in [5.41, 5.74) is 0.551. The topological polar surface area (TPSA) is 107 Å². The lowest BCUT2D eigenvalue weighted by Gasteiger charge is -2.03. The summed E-state index contributed by atoms with van der Waals surface area (Å²) in [6.45, 7) is 0. The van der Waals surface area contributed by atoms with Crippen molar-refractivity contribution >= 4 is 33.7 Å². The van der Waals surface area contributed by atoms with Crippen LogP contribution in [0.15, 0.2) is 28.0 Å². The van der Waals surface area contributed by atoms with Crippen molar-refractivity contribution in [1.82, 2.24) is 19.9 Å². The molecule has 0 aliphatic heterocycles. The molecule has 0 amide bonds. The molecular weight excluding hydrogens is 322 g/mol. The highest BCUT2D eigenvalue weighted by Gasteiger charge is 2.16. The monoisotopic (exact) mass is 329 g/mol. The zero-order valence-corrected chi connectivity index (χ0v) is 11.3. The fourth-order valence-electron chi connectivity index (χ4n) is 1.21. The van der Waals surface area contributed by atoms with Gasteiger partial charge < -0.3 is 10.9 Å². The van der Waals surface area contributed by atoms with Crippen LogP contribution in [0.4, 0.5) is 0 Å². The van der Waals surface area contributed by atoms with E-state index in [1.165, 1.54) is 4.68 Å². The zero-order chi connectivity index (χ0) is 13.1. The number of aromatic nitrogens is 4. The predicted octanol–water partition coefficient (Wildman–Crippen LogP) is 0.993. The molecule has 0 saturated heterocycles. The predicted molar refractivity (Wildman–Crippen MR) is 69.5 cm³/mol. The summed E-state index contributed by atoms with van der Waals surface area (Å²) in [6, 6.07) is 3.58. The van der Waals surface area contributed by atoms with E-state index in [0.29, 0.717) is 16.7 Å². The zero-order valence-electron chi connectivity index (χ0n) is 8.95. The summed E-state index contributed by atoms with van der Waals surface area (Å²) in [7, 11) is 0. The molecule has 18 heavy (non-hydrogen) atoms. The molecule has 2 aromatic heterocycles. The Morgan fingerprint density at radius 1 is 1.56 bits per heavy atom. The molecule has 0 aliphatic carbocycles. The molecule has 3 N–H and O–H groups in total. The first kappa shape index (κ1) is 12.8. The molecule has 2 aromatic rings. The highest BCUT2D eigenvalue weighted by atomic mass is 79.9. The molecule has 2 rings (SSSR count). The molecule has 0 atom stereocenters. The quantitative estimate of drug-likeness (QED) is 0.636.